The van der Waals surface area contributed by atoms with E-state index in [2.05, 4.69) is 20.6 Å². The van der Waals surface area contributed by atoms with Crippen molar-refractivity contribution in [3.8, 4) is 11.5 Å². The number of ether oxygens (including phenoxy) is 2. The first-order chi connectivity index (χ1) is 10.6. The fourth-order valence-electron chi connectivity index (χ4n) is 1.80. The molecule has 1 aromatic heterocycles. The van der Waals surface area contributed by atoms with Crippen LogP contribution in [0, 0.1) is 0 Å². The standard InChI is InChI=1S/C14H17N5O3/c1-10(12-5-4-11(21-2)6-13(12)22-3)17-18-14(20)7-19-9-15-8-16-19/h4-6,8-9H,7H2,1-3H3,(H,18,20)/b17-10+. The van der Waals surface area contributed by atoms with E-state index < -0.39 is 0 Å². The van der Waals surface area contributed by atoms with E-state index in [1.54, 1.807) is 33.3 Å². The molecular weight excluding hydrogens is 286 g/mol. The summed E-state index contributed by atoms with van der Waals surface area (Å²) in [6, 6.07) is 5.37. The van der Waals surface area contributed by atoms with E-state index in [0.717, 1.165) is 5.56 Å². The van der Waals surface area contributed by atoms with Crippen molar-refractivity contribution in [2.45, 2.75) is 13.5 Å². The number of aromatic nitrogens is 3. The van der Waals surface area contributed by atoms with Crippen LogP contribution < -0.4 is 14.9 Å². The molecule has 1 aromatic carbocycles. The molecule has 1 N–H and O–H groups in total. The minimum atomic E-state index is -0.294. The third-order valence-corrected chi connectivity index (χ3v) is 2.92. The Morgan fingerprint density at radius 1 is 1.36 bits per heavy atom. The van der Waals surface area contributed by atoms with E-state index in [1.807, 2.05) is 6.07 Å². The number of nitrogens with one attached hydrogen (secondary N) is 1. The molecule has 0 saturated carbocycles. The van der Waals surface area contributed by atoms with Crippen molar-refractivity contribution in [1.29, 1.82) is 0 Å². The molecule has 0 unspecified atom stereocenters. The van der Waals surface area contributed by atoms with Gasteiger partial charge in [-0.1, -0.05) is 0 Å². The van der Waals surface area contributed by atoms with Gasteiger partial charge in [0.25, 0.3) is 5.91 Å². The van der Waals surface area contributed by atoms with Gasteiger partial charge in [-0.25, -0.2) is 15.1 Å². The van der Waals surface area contributed by atoms with Crippen molar-refractivity contribution in [3.63, 3.8) is 0 Å². The largest absolute Gasteiger partial charge is 0.497 e. The second kappa shape index (κ2) is 7.21. The molecule has 0 atom stereocenters. The van der Waals surface area contributed by atoms with Gasteiger partial charge in [0.1, 0.15) is 30.7 Å². The van der Waals surface area contributed by atoms with Gasteiger partial charge < -0.3 is 9.47 Å². The van der Waals surface area contributed by atoms with Crippen LogP contribution in [0.1, 0.15) is 12.5 Å². The lowest BCUT2D eigenvalue weighted by Crippen LogP contribution is -2.24. The summed E-state index contributed by atoms with van der Waals surface area (Å²) in [5.74, 6) is 1.01. The molecule has 0 bridgehead atoms. The van der Waals surface area contributed by atoms with Crippen LogP contribution in [0.5, 0.6) is 11.5 Å². The molecule has 0 aliphatic carbocycles. The first-order valence-electron chi connectivity index (χ1n) is 6.52. The molecule has 8 nitrogen and oxygen atoms in total. The van der Waals surface area contributed by atoms with Crippen LogP contribution in [0.3, 0.4) is 0 Å². The lowest BCUT2D eigenvalue weighted by Gasteiger charge is -2.10. The number of amides is 1. The molecular formula is C14H17N5O3. The molecule has 0 aliphatic heterocycles. The van der Waals surface area contributed by atoms with Crippen molar-refractivity contribution in [3.05, 3.63) is 36.4 Å². The van der Waals surface area contributed by atoms with Crippen LogP contribution in [0.25, 0.3) is 0 Å². The van der Waals surface area contributed by atoms with Gasteiger partial charge in [0.2, 0.25) is 0 Å². The van der Waals surface area contributed by atoms with Gasteiger partial charge in [-0.05, 0) is 19.1 Å². The van der Waals surface area contributed by atoms with Gasteiger partial charge in [0.15, 0.2) is 0 Å². The molecule has 0 spiro atoms. The average molecular weight is 303 g/mol. The maximum absolute atomic E-state index is 11.7. The third kappa shape index (κ3) is 3.81. The van der Waals surface area contributed by atoms with E-state index in [4.69, 9.17) is 9.47 Å². The summed E-state index contributed by atoms with van der Waals surface area (Å²) in [6.07, 6.45) is 2.83. The van der Waals surface area contributed by atoms with E-state index in [9.17, 15) is 4.79 Å². The van der Waals surface area contributed by atoms with E-state index in [0.29, 0.717) is 17.2 Å². The van der Waals surface area contributed by atoms with Gasteiger partial charge in [0.05, 0.1) is 19.9 Å². The lowest BCUT2D eigenvalue weighted by atomic mass is 10.1. The van der Waals surface area contributed by atoms with Crippen LogP contribution in [0.2, 0.25) is 0 Å². The SMILES string of the molecule is COc1ccc(/C(C)=N/NC(=O)Cn2cncn2)c(OC)c1. The van der Waals surface area contributed by atoms with Gasteiger partial charge in [-0.15, -0.1) is 0 Å². The second-order valence-electron chi connectivity index (χ2n) is 4.39. The number of hydrogen-bond acceptors (Lipinski definition) is 6. The van der Waals surface area contributed by atoms with Crippen LogP contribution in [-0.4, -0.2) is 40.6 Å². The zero-order valence-electron chi connectivity index (χ0n) is 12.6. The fourth-order valence-corrected chi connectivity index (χ4v) is 1.80. The van der Waals surface area contributed by atoms with E-state index in [-0.39, 0.29) is 12.5 Å². The fraction of sp³-hybridized carbons (Fsp3) is 0.286. The number of hydrazone groups is 1. The van der Waals surface area contributed by atoms with Crippen LogP contribution in [0.15, 0.2) is 36.0 Å². The number of rotatable bonds is 6. The van der Waals surface area contributed by atoms with Crippen LogP contribution in [0.4, 0.5) is 0 Å². The molecule has 0 fully saturated rings. The maximum Gasteiger partial charge on any atom is 0.261 e. The molecule has 1 amide bonds. The molecule has 116 valence electrons. The zero-order valence-corrected chi connectivity index (χ0v) is 12.6. The summed E-state index contributed by atoms with van der Waals surface area (Å²) >= 11 is 0. The minimum Gasteiger partial charge on any atom is -0.497 e. The Kier molecular flexibility index (Phi) is 5.07. The van der Waals surface area contributed by atoms with Gasteiger partial charge >= 0.3 is 0 Å². The quantitative estimate of drug-likeness (QED) is 0.630. The zero-order chi connectivity index (χ0) is 15.9. The second-order valence-corrected chi connectivity index (χ2v) is 4.39. The first kappa shape index (κ1) is 15.5. The predicted octanol–water partition coefficient (Wildman–Crippen LogP) is 0.836. The molecule has 2 rings (SSSR count). The van der Waals surface area contributed by atoms with E-state index >= 15 is 0 Å². The highest BCUT2D eigenvalue weighted by atomic mass is 16.5. The van der Waals surface area contributed by atoms with Crippen molar-refractivity contribution < 1.29 is 14.3 Å². The smallest absolute Gasteiger partial charge is 0.261 e. The Morgan fingerprint density at radius 2 is 2.18 bits per heavy atom. The van der Waals surface area contributed by atoms with Crippen molar-refractivity contribution >= 4 is 11.6 Å². The van der Waals surface area contributed by atoms with Gasteiger partial charge in [-0.2, -0.15) is 10.2 Å². The normalized spacial score (nSPS) is 11.1. The molecule has 0 saturated heterocycles. The number of nitrogens with zero attached hydrogens (tertiary/aromatic N) is 4. The van der Waals surface area contributed by atoms with Crippen molar-refractivity contribution in [2.24, 2.45) is 5.10 Å². The summed E-state index contributed by atoms with van der Waals surface area (Å²) in [5, 5.41) is 7.92. The lowest BCUT2D eigenvalue weighted by molar-refractivity contribution is -0.121. The maximum atomic E-state index is 11.7. The number of carbonyl (C=O) groups excluding carboxylic acids is 1. The molecule has 8 heteroatoms. The average Bonchev–Trinajstić information content (AvgIpc) is 3.04. The number of carbonyl (C=O) groups is 1. The third-order valence-electron chi connectivity index (χ3n) is 2.92. The molecule has 0 aliphatic rings. The molecule has 2 aromatic rings. The first-order valence-corrected chi connectivity index (χ1v) is 6.52. The predicted molar refractivity (Wildman–Crippen MR) is 79.9 cm³/mol. The summed E-state index contributed by atoms with van der Waals surface area (Å²) in [5.41, 5.74) is 3.86. The topological polar surface area (TPSA) is 90.6 Å². The Balaban J connectivity index is 2.06. The monoisotopic (exact) mass is 303 g/mol. The Hall–Kier alpha value is -2.90. The number of methoxy groups -OCH3 is 2. The Morgan fingerprint density at radius 3 is 2.82 bits per heavy atom. The summed E-state index contributed by atoms with van der Waals surface area (Å²) in [7, 11) is 3.15. The Bertz CT molecular complexity index is 667. The number of benzene rings is 1. The van der Waals surface area contributed by atoms with Crippen LogP contribution >= 0.6 is 0 Å². The molecule has 1 heterocycles. The van der Waals surface area contributed by atoms with Crippen molar-refractivity contribution in [2.75, 3.05) is 14.2 Å². The van der Waals surface area contributed by atoms with E-state index in [1.165, 1.54) is 17.3 Å². The molecule has 0 radical (unpaired) electrons. The van der Waals surface area contributed by atoms with Gasteiger partial charge in [-0.3, -0.25) is 4.79 Å². The number of hydrogen-bond donors (Lipinski definition) is 1. The highest BCUT2D eigenvalue weighted by Gasteiger charge is 2.09. The van der Waals surface area contributed by atoms with Crippen molar-refractivity contribution in [1.82, 2.24) is 20.2 Å². The highest BCUT2D eigenvalue weighted by Crippen LogP contribution is 2.24. The summed E-state index contributed by atoms with van der Waals surface area (Å²) < 4.78 is 11.9. The minimum absolute atomic E-state index is 0.0521. The van der Waals surface area contributed by atoms with Crippen LogP contribution in [-0.2, 0) is 11.3 Å². The molecule has 22 heavy (non-hydrogen) atoms. The summed E-state index contributed by atoms with van der Waals surface area (Å²) in [4.78, 5) is 15.5. The highest BCUT2D eigenvalue weighted by molar-refractivity contribution is 6.01. The summed E-state index contributed by atoms with van der Waals surface area (Å²) in [6.45, 7) is 1.83. The Labute approximate surface area is 127 Å². The van der Waals surface area contributed by atoms with Gasteiger partial charge in [0, 0.05) is 11.6 Å².